The Labute approximate surface area is 187 Å². The Morgan fingerprint density at radius 1 is 1.23 bits per heavy atom. The minimum Gasteiger partial charge on any atom is -0.384 e. The minimum atomic E-state index is -2.97. The summed E-state index contributed by atoms with van der Waals surface area (Å²) >= 11 is 12.0. The number of nitrogens with two attached hydrogens (primary N) is 1. The van der Waals surface area contributed by atoms with Gasteiger partial charge in [0, 0.05) is 25.6 Å². The van der Waals surface area contributed by atoms with E-state index in [2.05, 4.69) is 20.9 Å². The summed E-state index contributed by atoms with van der Waals surface area (Å²) in [6, 6.07) is 6.05. The van der Waals surface area contributed by atoms with Gasteiger partial charge in [-0.3, -0.25) is 14.9 Å². The van der Waals surface area contributed by atoms with Gasteiger partial charge in [0.15, 0.2) is 0 Å². The molecule has 166 valence electrons. The maximum atomic E-state index is 13.5. The SMILES string of the molecule is Nc1ccc(CNC(=O)[C@@H](Cc2ccc(Cl)c(Cl)c2)NC(=O)[C@@H]2CC(F)(F)CN2)cn1. The van der Waals surface area contributed by atoms with Crippen LogP contribution in [0, 0.1) is 0 Å². The molecule has 1 saturated heterocycles. The van der Waals surface area contributed by atoms with Gasteiger partial charge in [-0.25, -0.2) is 13.8 Å². The number of carbonyl (C=O) groups is 2. The lowest BCUT2D eigenvalue weighted by Gasteiger charge is -2.21. The van der Waals surface area contributed by atoms with E-state index in [1.54, 1.807) is 30.3 Å². The first-order valence-corrected chi connectivity index (χ1v) is 10.2. The number of hydrogen-bond donors (Lipinski definition) is 4. The van der Waals surface area contributed by atoms with Crippen molar-refractivity contribution in [3.8, 4) is 0 Å². The Morgan fingerprint density at radius 2 is 1.97 bits per heavy atom. The van der Waals surface area contributed by atoms with Gasteiger partial charge in [0.05, 0.1) is 22.6 Å². The normalized spacial score (nSPS) is 18.4. The molecule has 0 radical (unpaired) electrons. The number of hydrogen-bond acceptors (Lipinski definition) is 5. The van der Waals surface area contributed by atoms with Crippen LogP contribution in [0.5, 0.6) is 0 Å². The van der Waals surface area contributed by atoms with E-state index in [-0.39, 0.29) is 13.0 Å². The van der Waals surface area contributed by atoms with Gasteiger partial charge in [0.25, 0.3) is 5.92 Å². The summed E-state index contributed by atoms with van der Waals surface area (Å²) in [7, 11) is 0. The third-order valence-electron chi connectivity index (χ3n) is 4.80. The molecule has 1 aliphatic heterocycles. The molecule has 2 atom stereocenters. The summed E-state index contributed by atoms with van der Waals surface area (Å²) in [6.07, 6.45) is 0.987. The third kappa shape index (κ3) is 6.49. The Hall–Kier alpha value is -2.49. The van der Waals surface area contributed by atoms with Gasteiger partial charge < -0.3 is 16.4 Å². The highest BCUT2D eigenvalue weighted by Crippen LogP contribution is 2.26. The Balaban J connectivity index is 1.70. The number of nitrogens with one attached hydrogen (secondary N) is 3. The van der Waals surface area contributed by atoms with Crippen LogP contribution in [0.2, 0.25) is 10.0 Å². The van der Waals surface area contributed by atoms with Crippen LogP contribution in [0.1, 0.15) is 17.5 Å². The molecule has 1 aromatic heterocycles. The van der Waals surface area contributed by atoms with Crippen LogP contribution >= 0.6 is 23.2 Å². The molecular weight excluding hydrogens is 451 g/mol. The summed E-state index contributed by atoms with van der Waals surface area (Å²) in [6.45, 7) is -0.432. The summed E-state index contributed by atoms with van der Waals surface area (Å²) in [5, 5.41) is 8.41. The topological polar surface area (TPSA) is 109 Å². The van der Waals surface area contributed by atoms with Crippen molar-refractivity contribution in [1.29, 1.82) is 0 Å². The lowest BCUT2D eigenvalue weighted by atomic mass is 10.0. The molecule has 1 aliphatic rings. The second-order valence-corrected chi connectivity index (χ2v) is 8.13. The van der Waals surface area contributed by atoms with E-state index in [1.807, 2.05) is 0 Å². The van der Waals surface area contributed by atoms with Crippen molar-refractivity contribution in [2.45, 2.75) is 37.4 Å². The van der Waals surface area contributed by atoms with Gasteiger partial charge in [0.2, 0.25) is 11.8 Å². The van der Waals surface area contributed by atoms with Crippen LogP contribution < -0.4 is 21.7 Å². The highest BCUT2D eigenvalue weighted by atomic mass is 35.5. The fourth-order valence-corrected chi connectivity index (χ4v) is 3.46. The van der Waals surface area contributed by atoms with E-state index in [9.17, 15) is 18.4 Å². The molecule has 5 N–H and O–H groups in total. The number of carbonyl (C=O) groups excluding carboxylic acids is 2. The summed E-state index contributed by atoms with van der Waals surface area (Å²) in [5.41, 5.74) is 6.90. The van der Waals surface area contributed by atoms with Gasteiger partial charge in [0.1, 0.15) is 11.9 Å². The van der Waals surface area contributed by atoms with Crippen molar-refractivity contribution in [3.05, 3.63) is 57.7 Å². The van der Waals surface area contributed by atoms with E-state index in [0.29, 0.717) is 27.0 Å². The molecule has 0 saturated carbocycles. The molecule has 0 bridgehead atoms. The predicted octanol–water partition coefficient (Wildman–Crippen LogP) is 2.31. The van der Waals surface area contributed by atoms with Gasteiger partial charge in [-0.1, -0.05) is 35.3 Å². The molecule has 1 aromatic carbocycles. The lowest BCUT2D eigenvalue weighted by molar-refractivity contribution is -0.130. The molecule has 2 heterocycles. The number of benzene rings is 1. The average Bonchev–Trinajstić information content (AvgIpc) is 3.09. The first kappa shape index (κ1) is 23.2. The van der Waals surface area contributed by atoms with Crippen LogP contribution in [0.15, 0.2) is 36.5 Å². The van der Waals surface area contributed by atoms with Crippen molar-refractivity contribution in [2.24, 2.45) is 0 Å². The number of pyridine rings is 1. The van der Waals surface area contributed by atoms with Crippen LogP contribution in [-0.2, 0) is 22.6 Å². The van der Waals surface area contributed by atoms with Crippen LogP contribution in [0.3, 0.4) is 0 Å². The van der Waals surface area contributed by atoms with E-state index in [0.717, 1.165) is 0 Å². The molecule has 3 rings (SSSR count). The first-order chi connectivity index (χ1) is 14.6. The summed E-state index contributed by atoms with van der Waals surface area (Å²) in [4.78, 5) is 29.3. The highest BCUT2D eigenvalue weighted by molar-refractivity contribution is 6.42. The fraction of sp³-hybridized carbons (Fsp3) is 0.350. The second-order valence-electron chi connectivity index (χ2n) is 7.32. The van der Waals surface area contributed by atoms with Crippen molar-refractivity contribution < 1.29 is 18.4 Å². The molecule has 0 unspecified atom stereocenters. The molecule has 31 heavy (non-hydrogen) atoms. The molecule has 11 heteroatoms. The minimum absolute atomic E-state index is 0.0948. The van der Waals surface area contributed by atoms with E-state index >= 15 is 0 Å². The second kappa shape index (κ2) is 9.76. The van der Waals surface area contributed by atoms with Crippen LogP contribution in [0.25, 0.3) is 0 Å². The quantitative estimate of drug-likeness (QED) is 0.495. The van der Waals surface area contributed by atoms with Gasteiger partial charge >= 0.3 is 0 Å². The molecular formula is C20H21Cl2F2N5O2. The number of nitrogen functional groups attached to an aromatic ring is 1. The van der Waals surface area contributed by atoms with E-state index < -0.39 is 42.8 Å². The lowest BCUT2D eigenvalue weighted by Crippen LogP contribution is -2.52. The molecule has 2 amide bonds. The van der Waals surface area contributed by atoms with Crippen LogP contribution in [0.4, 0.5) is 14.6 Å². The third-order valence-corrected chi connectivity index (χ3v) is 5.54. The van der Waals surface area contributed by atoms with Gasteiger partial charge in [-0.15, -0.1) is 0 Å². The van der Waals surface area contributed by atoms with Crippen molar-refractivity contribution in [2.75, 3.05) is 12.3 Å². The zero-order valence-electron chi connectivity index (χ0n) is 16.3. The summed E-state index contributed by atoms with van der Waals surface area (Å²) in [5.74, 6) is -3.78. The van der Waals surface area contributed by atoms with Gasteiger partial charge in [-0.05, 0) is 29.3 Å². The number of aromatic nitrogens is 1. The molecule has 1 fully saturated rings. The smallest absolute Gasteiger partial charge is 0.262 e. The Morgan fingerprint density at radius 3 is 2.58 bits per heavy atom. The number of rotatable bonds is 7. The number of amides is 2. The zero-order chi connectivity index (χ0) is 22.6. The largest absolute Gasteiger partial charge is 0.384 e. The Kier molecular flexibility index (Phi) is 7.30. The Bertz CT molecular complexity index is 959. The number of alkyl halides is 2. The zero-order valence-corrected chi connectivity index (χ0v) is 17.8. The molecule has 0 aliphatic carbocycles. The number of halogens is 4. The van der Waals surface area contributed by atoms with E-state index in [4.69, 9.17) is 28.9 Å². The van der Waals surface area contributed by atoms with Crippen molar-refractivity contribution in [3.63, 3.8) is 0 Å². The molecule has 2 aromatic rings. The monoisotopic (exact) mass is 471 g/mol. The maximum Gasteiger partial charge on any atom is 0.262 e. The fourth-order valence-electron chi connectivity index (χ4n) is 3.14. The average molecular weight is 472 g/mol. The molecule has 7 nitrogen and oxygen atoms in total. The van der Waals surface area contributed by atoms with Gasteiger partial charge in [-0.2, -0.15) is 0 Å². The van der Waals surface area contributed by atoms with Crippen molar-refractivity contribution >= 4 is 40.8 Å². The predicted molar refractivity (Wildman–Crippen MR) is 114 cm³/mol. The van der Waals surface area contributed by atoms with E-state index in [1.165, 1.54) is 6.20 Å². The first-order valence-electron chi connectivity index (χ1n) is 9.46. The highest BCUT2D eigenvalue weighted by Gasteiger charge is 2.43. The van der Waals surface area contributed by atoms with Crippen molar-refractivity contribution in [1.82, 2.24) is 20.9 Å². The van der Waals surface area contributed by atoms with Crippen LogP contribution in [-0.4, -0.2) is 41.3 Å². The number of nitrogens with zero attached hydrogens (tertiary/aromatic N) is 1. The summed E-state index contributed by atoms with van der Waals surface area (Å²) < 4.78 is 26.9. The molecule has 0 spiro atoms. The maximum absolute atomic E-state index is 13.5. The standard InChI is InChI=1S/C20H21Cl2F2N5O2/c21-13-3-1-11(5-14(13)22)6-15(29-19(31)16-7-20(23,24)10-28-16)18(30)27-9-12-2-4-17(25)26-8-12/h1-5,8,15-16,28H,6-7,9-10H2,(H2,25,26)(H,27,30)(H,29,31)/t15-,16+/m1/s1. The number of anilines is 1.